The van der Waals surface area contributed by atoms with Crippen LogP contribution in [0.5, 0.6) is 11.5 Å². The molecule has 4 rings (SSSR count). The van der Waals surface area contributed by atoms with Crippen LogP contribution in [-0.4, -0.2) is 14.6 Å². The van der Waals surface area contributed by atoms with Gasteiger partial charge in [-0.15, -0.1) is 0 Å². The van der Waals surface area contributed by atoms with Crippen LogP contribution in [0.3, 0.4) is 0 Å². The number of aryl methyl sites for hydroxylation is 1. The first-order valence-corrected chi connectivity index (χ1v) is 7.43. The second-order valence-corrected chi connectivity index (χ2v) is 5.38. The highest BCUT2D eigenvalue weighted by Crippen LogP contribution is 2.26. The summed E-state index contributed by atoms with van der Waals surface area (Å²) in [5, 5.41) is 4.22. The van der Waals surface area contributed by atoms with Crippen LogP contribution in [0.4, 0.5) is 0 Å². The summed E-state index contributed by atoms with van der Waals surface area (Å²) < 4.78 is 7.63. The molecule has 0 aliphatic carbocycles. The lowest BCUT2D eigenvalue weighted by atomic mass is 10.1. The van der Waals surface area contributed by atoms with Gasteiger partial charge in [0, 0.05) is 11.8 Å². The number of rotatable bonds is 3. The lowest BCUT2D eigenvalue weighted by Crippen LogP contribution is -1.92. The lowest BCUT2D eigenvalue weighted by Gasteiger charge is -2.08. The summed E-state index contributed by atoms with van der Waals surface area (Å²) in [6.07, 6.45) is 3.56. The highest BCUT2D eigenvalue weighted by atomic mass is 16.5. The maximum atomic E-state index is 5.82. The van der Waals surface area contributed by atoms with Crippen LogP contribution in [-0.2, 0) is 0 Å². The van der Waals surface area contributed by atoms with Gasteiger partial charge in [0.1, 0.15) is 17.8 Å². The Kier molecular flexibility index (Phi) is 3.27. The van der Waals surface area contributed by atoms with E-state index >= 15 is 0 Å². The predicted molar refractivity (Wildman–Crippen MR) is 89.7 cm³/mol. The van der Waals surface area contributed by atoms with Crippen molar-refractivity contribution >= 4 is 5.65 Å². The molecule has 4 aromatic rings. The van der Waals surface area contributed by atoms with Gasteiger partial charge in [0.15, 0.2) is 5.65 Å². The first-order chi connectivity index (χ1) is 11.3. The highest BCUT2D eigenvalue weighted by Gasteiger charge is 2.05. The fourth-order valence-electron chi connectivity index (χ4n) is 2.59. The summed E-state index contributed by atoms with van der Waals surface area (Å²) >= 11 is 0. The molecule has 0 aliphatic heterocycles. The minimum absolute atomic E-state index is 0.818. The van der Waals surface area contributed by atoms with Crippen LogP contribution in [0.2, 0.25) is 0 Å². The van der Waals surface area contributed by atoms with E-state index in [0.29, 0.717) is 0 Å². The standard InChI is InChI=1S/C19H15N3O/c1-14-11-16(12-22-19(14)20-13-21-22)15-7-9-18(10-8-15)23-17-5-3-2-4-6-17/h2-13H,1H3. The largest absolute Gasteiger partial charge is 0.457 e. The zero-order chi connectivity index (χ0) is 15.6. The lowest BCUT2D eigenvalue weighted by molar-refractivity contribution is 0.483. The number of hydrogen-bond acceptors (Lipinski definition) is 3. The molecule has 112 valence electrons. The van der Waals surface area contributed by atoms with Gasteiger partial charge in [-0.05, 0) is 48.4 Å². The van der Waals surface area contributed by atoms with E-state index in [1.165, 1.54) is 0 Å². The van der Waals surface area contributed by atoms with Gasteiger partial charge < -0.3 is 4.74 Å². The molecule has 0 aliphatic rings. The van der Waals surface area contributed by atoms with Gasteiger partial charge >= 0.3 is 0 Å². The SMILES string of the molecule is Cc1cc(-c2ccc(Oc3ccccc3)cc2)cn2ncnc12. The second-order valence-electron chi connectivity index (χ2n) is 5.38. The minimum atomic E-state index is 0.818. The maximum Gasteiger partial charge on any atom is 0.158 e. The molecule has 0 fully saturated rings. The van der Waals surface area contributed by atoms with Gasteiger partial charge in [-0.1, -0.05) is 30.3 Å². The zero-order valence-corrected chi connectivity index (χ0v) is 12.7. The third kappa shape index (κ3) is 2.66. The van der Waals surface area contributed by atoms with Crippen molar-refractivity contribution in [3.05, 3.63) is 78.8 Å². The number of para-hydroxylation sites is 1. The highest BCUT2D eigenvalue weighted by molar-refractivity contribution is 5.67. The van der Waals surface area contributed by atoms with Crippen LogP contribution < -0.4 is 4.74 Å². The van der Waals surface area contributed by atoms with Gasteiger partial charge in [0.05, 0.1) is 0 Å². The fourth-order valence-corrected chi connectivity index (χ4v) is 2.59. The third-order valence-corrected chi connectivity index (χ3v) is 3.73. The van der Waals surface area contributed by atoms with E-state index in [-0.39, 0.29) is 0 Å². The molecule has 0 atom stereocenters. The van der Waals surface area contributed by atoms with Crippen molar-refractivity contribution in [2.45, 2.75) is 6.92 Å². The van der Waals surface area contributed by atoms with Crippen LogP contribution in [0.15, 0.2) is 73.2 Å². The topological polar surface area (TPSA) is 39.4 Å². The quantitative estimate of drug-likeness (QED) is 0.559. The molecule has 0 radical (unpaired) electrons. The molecule has 0 amide bonds. The van der Waals surface area contributed by atoms with E-state index < -0.39 is 0 Å². The minimum Gasteiger partial charge on any atom is -0.457 e. The first kappa shape index (κ1) is 13.5. The Morgan fingerprint density at radius 3 is 2.39 bits per heavy atom. The molecule has 4 nitrogen and oxygen atoms in total. The smallest absolute Gasteiger partial charge is 0.158 e. The fraction of sp³-hybridized carbons (Fsp3) is 0.0526. The molecule has 0 saturated heterocycles. The van der Waals surface area contributed by atoms with Crippen molar-refractivity contribution in [2.75, 3.05) is 0 Å². The number of pyridine rings is 1. The van der Waals surface area contributed by atoms with Gasteiger partial charge in [-0.25, -0.2) is 9.50 Å². The van der Waals surface area contributed by atoms with E-state index in [1.54, 1.807) is 10.8 Å². The summed E-state index contributed by atoms with van der Waals surface area (Å²) in [4.78, 5) is 4.25. The van der Waals surface area contributed by atoms with Crippen molar-refractivity contribution in [3.63, 3.8) is 0 Å². The molecule has 2 heterocycles. The summed E-state index contributed by atoms with van der Waals surface area (Å²) in [6.45, 7) is 2.04. The normalized spacial score (nSPS) is 10.8. The van der Waals surface area contributed by atoms with Crippen LogP contribution in [0.25, 0.3) is 16.8 Å². The zero-order valence-electron chi connectivity index (χ0n) is 12.7. The molecule has 2 aromatic carbocycles. The molecule has 4 heteroatoms. The number of ether oxygens (including phenoxy) is 1. The average Bonchev–Trinajstić information content (AvgIpc) is 3.06. The molecule has 2 aromatic heterocycles. The molecule has 0 bridgehead atoms. The van der Waals surface area contributed by atoms with E-state index in [0.717, 1.165) is 33.8 Å². The second kappa shape index (κ2) is 5.57. The van der Waals surface area contributed by atoms with Gasteiger partial charge in [-0.2, -0.15) is 5.10 Å². The van der Waals surface area contributed by atoms with Crippen molar-refractivity contribution in [1.82, 2.24) is 14.6 Å². The van der Waals surface area contributed by atoms with E-state index in [2.05, 4.69) is 28.3 Å². The Labute approximate surface area is 134 Å². The summed E-state index contributed by atoms with van der Waals surface area (Å²) in [5.74, 6) is 1.65. The maximum absolute atomic E-state index is 5.82. The number of hydrogen-bond donors (Lipinski definition) is 0. The summed E-state index contributed by atoms with van der Waals surface area (Å²) in [6, 6.07) is 19.9. The van der Waals surface area contributed by atoms with Crippen molar-refractivity contribution in [1.29, 1.82) is 0 Å². The first-order valence-electron chi connectivity index (χ1n) is 7.43. The monoisotopic (exact) mass is 301 g/mol. The Morgan fingerprint density at radius 2 is 1.61 bits per heavy atom. The molecule has 0 unspecified atom stereocenters. The number of nitrogens with zero attached hydrogens (tertiary/aromatic N) is 3. The third-order valence-electron chi connectivity index (χ3n) is 3.73. The Morgan fingerprint density at radius 1 is 0.870 bits per heavy atom. The van der Waals surface area contributed by atoms with E-state index in [1.807, 2.05) is 55.6 Å². The van der Waals surface area contributed by atoms with Crippen LogP contribution in [0.1, 0.15) is 5.56 Å². The molecule has 0 N–H and O–H groups in total. The number of benzene rings is 2. The van der Waals surface area contributed by atoms with Crippen molar-refractivity contribution in [3.8, 4) is 22.6 Å². The predicted octanol–water partition coefficient (Wildman–Crippen LogP) is 4.50. The number of aromatic nitrogens is 3. The van der Waals surface area contributed by atoms with Crippen LogP contribution >= 0.6 is 0 Å². The molecule has 23 heavy (non-hydrogen) atoms. The molecular weight excluding hydrogens is 286 g/mol. The molecular formula is C19H15N3O. The average molecular weight is 301 g/mol. The van der Waals surface area contributed by atoms with Gasteiger partial charge in [0.25, 0.3) is 0 Å². The van der Waals surface area contributed by atoms with Crippen molar-refractivity contribution < 1.29 is 4.74 Å². The van der Waals surface area contributed by atoms with Crippen LogP contribution in [0, 0.1) is 6.92 Å². The van der Waals surface area contributed by atoms with Crippen molar-refractivity contribution in [2.24, 2.45) is 0 Å². The summed E-state index contributed by atoms with van der Waals surface area (Å²) in [5.41, 5.74) is 4.21. The summed E-state index contributed by atoms with van der Waals surface area (Å²) in [7, 11) is 0. The van der Waals surface area contributed by atoms with Gasteiger partial charge in [0.2, 0.25) is 0 Å². The Hall–Kier alpha value is -3.14. The molecule has 0 spiro atoms. The Bertz CT molecular complexity index is 943. The Balaban J connectivity index is 1.64. The van der Waals surface area contributed by atoms with E-state index in [4.69, 9.17) is 4.74 Å². The van der Waals surface area contributed by atoms with E-state index in [9.17, 15) is 0 Å². The number of fused-ring (bicyclic) bond motifs is 1. The molecule has 0 saturated carbocycles. The van der Waals surface area contributed by atoms with Gasteiger partial charge in [-0.3, -0.25) is 0 Å².